The molecule has 0 bridgehead atoms. The molecule has 0 N–H and O–H groups in total. The van der Waals surface area contributed by atoms with Crippen LogP contribution in [0.4, 0.5) is 0 Å². The Morgan fingerprint density at radius 2 is 1.52 bits per heavy atom. The van der Waals surface area contributed by atoms with Crippen molar-refractivity contribution in [2.45, 2.75) is 11.8 Å². The summed E-state index contributed by atoms with van der Waals surface area (Å²) in [5.41, 5.74) is 6.03. The summed E-state index contributed by atoms with van der Waals surface area (Å²) in [5.74, 6) is 0. The van der Waals surface area contributed by atoms with E-state index in [1.54, 1.807) is 0 Å². The highest BCUT2D eigenvalue weighted by Crippen LogP contribution is 2.45. The molecular formula is C21H23NS. The van der Waals surface area contributed by atoms with Gasteiger partial charge in [0.15, 0.2) is 0 Å². The van der Waals surface area contributed by atoms with Crippen molar-refractivity contribution in [3.05, 3.63) is 72.4 Å². The summed E-state index contributed by atoms with van der Waals surface area (Å²) >= 11 is 0. The zero-order valence-electron chi connectivity index (χ0n) is 14.2. The minimum absolute atomic E-state index is 0.748. The molecule has 0 radical (unpaired) electrons. The molecule has 0 aliphatic heterocycles. The quantitative estimate of drug-likeness (QED) is 0.596. The highest BCUT2D eigenvalue weighted by molar-refractivity contribution is 8.32. The summed E-state index contributed by atoms with van der Waals surface area (Å²) in [6.07, 6.45) is 8.90. The smallest absolute Gasteiger partial charge is 0.0715 e. The van der Waals surface area contributed by atoms with Gasteiger partial charge in [0.25, 0.3) is 0 Å². The fourth-order valence-corrected chi connectivity index (χ4v) is 3.58. The predicted molar refractivity (Wildman–Crippen MR) is 103 cm³/mol. The van der Waals surface area contributed by atoms with E-state index in [1.165, 1.54) is 27.1 Å². The fraction of sp³-hybridized carbons (Fsp3) is 0.190. The number of hydrogen-bond donors (Lipinski definition) is 0. The van der Waals surface area contributed by atoms with Gasteiger partial charge in [0.1, 0.15) is 0 Å². The lowest BCUT2D eigenvalue weighted by Crippen LogP contribution is -1.95. The maximum Gasteiger partial charge on any atom is 0.0715 e. The van der Waals surface area contributed by atoms with E-state index in [0.717, 1.165) is 5.69 Å². The summed E-state index contributed by atoms with van der Waals surface area (Å²) < 4.78 is 0. The van der Waals surface area contributed by atoms with Gasteiger partial charge in [-0.15, -0.1) is 0 Å². The van der Waals surface area contributed by atoms with Gasteiger partial charge in [-0.3, -0.25) is 4.98 Å². The van der Waals surface area contributed by atoms with Crippen LogP contribution in [0.15, 0.2) is 71.8 Å². The summed E-state index contributed by atoms with van der Waals surface area (Å²) in [6, 6.07) is 21.6. The predicted octanol–water partition coefficient (Wildman–Crippen LogP) is 5.78. The average molecular weight is 321 g/mol. The van der Waals surface area contributed by atoms with Gasteiger partial charge >= 0.3 is 0 Å². The normalized spacial score (nSPS) is 12.2. The first kappa shape index (κ1) is 15.8. The molecule has 0 atom stereocenters. The largest absolute Gasteiger partial charge is 0.256 e. The first-order valence-corrected chi connectivity index (χ1v) is 10.6. The van der Waals surface area contributed by atoms with E-state index in [9.17, 15) is 0 Å². The van der Waals surface area contributed by atoms with Crippen molar-refractivity contribution in [2.24, 2.45) is 0 Å². The number of benzene rings is 2. The van der Waals surface area contributed by atoms with Gasteiger partial charge in [0, 0.05) is 11.8 Å². The van der Waals surface area contributed by atoms with Crippen molar-refractivity contribution < 1.29 is 0 Å². The van der Waals surface area contributed by atoms with E-state index in [4.69, 9.17) is 0 Å². The zero-order valence-corrected chi connectivity index (χ0v) is 15.0. The Morgan fingerprint density at radius 1 is 0.783 bits per heavy atom. The van der Waals surface area contributed by atoms with Gasteiger partial charge < -0.3 is 0 Å². The highest BCUT2D eigenvalue weighted by atomic mass is 32.3. The van der Waals surface area contributed by atoms with Crippen LogP contribution in [0.25, 0.3) is 22.4 Å². The molecule has 3 rings (SSSR count). The Kier molecular flexibility index (Phi) is 4.27. The van der Waals surface area contributed by atoms with Crippen LogP contribution in [0.3, 0.4) is 0 Å². The van der Waals surface area contributed by atoms with E-state index < -0.39 is 10.0 Å². The number of hydrogen-bond acceptors (Lipinski definition) is 1. The zero-order chi connectivity index (χ0) is 16.4. The molecule has 23 heavy (non-hydrogen) atoms. The van der Waals surface area contributed by atoms with E-state index in [-0.39, 0.29) is 0 Å². The number of nitrogens with zero attached hydrogens (tertiary/aromatic N) is 1. The summed E-state index contributed by atoms with van der Waals surface area (Å²) in [6.45, 7) is 2.16. The minimum atomic E-state index is -0.748. The molecule has 1 heterocycles. The highest BCUT2D eigenvalue weighted by Gasteiger charge is 2.11. The molecule has 0 saturated heterocycles. The topological polar surface area (TPSA) is 12.9 Å². The van der Waals surface area contributed by atoms with Crippen molar-refractivity contribution in [1.29, 1.82) is 0 Å². The second-order valence-electron chi connectivity index (χ2n) is 6.61. The maximum atomic E-state index is 4.63. The van der Waals surface area contributed by atoms with Gasteiger partial charge in [-0.1, -0.05) is 42.5 Å². The summed E-state index contributed by atoms with van der Waals surface area (Å²) in [4.78, 5) is 6.03. The van der Waals surface area contributed by atoms with Crippen molar-refractivity contribution in [1.82, 2.24) is 4.98 Å². The van der Waals surface area contributed by atoms with Crippen molar-refractivity contribution >= 4 is 10.0 Å². The lowest BCUT2D eigenvalue weighted by molar-refractivity contribution is 1.25. The van der Waals surface area contributed by atoms with Gasteiger partial charge in [0.05, 0.1) is 5.69 Å². The van der Waals surface area contributed by atoms with Gasteiger partial charge in [0.2, 0.25) is 0 Å². The maximum absolute atomic E-state index is 4.63. The van der Waals surface area contributed by atoms with Crippen LogP contribution >= 0.6 is 10.0 Å². The molecular weight excluding hydrogens is 298 g/mol. The fourth-order valence-electron chi connectivity index (χ4n) is 2.65. The second kappa shape index (κ2) is 6.21. The van der Waals surface area contributed by atoms with Crippen LogP contribution in [0.2, 0.25) is 0 Å². The Bertz CT molecular complexity index is 817. The monoisotopic (exact) mass is 321 g/mol. The SMILES string of the molecule is Cc1ccc(-c2ccccc2)cc1-c1cc(S(C)(C)C)ccn1. The van der Waals surface area contributed by atoms with Crippen LogP contribution in [-0.4, -0.2) is 23.8 Å². The van der Waals surface area contributed by atoms with E-state index >= 15 is 0 Å². The average Bonchev–Trinajstić information content (AvgIpc) is 2.55. The molecule has 3 aromatic rings. The lowest BCUT2D eigenvalue weighted by atomic mass is 9.98. The Labute approximate surface area is 140 Å². The molecule has 2 aromatic carbocycles. The van der Waals surface area contributed by atoms with Crippen LogP contribution in [-0.2, 0) is 0 Å². The third-order valence-electron chi connectivity index (χ3n) is 4.06. The molecule has 118 valence electrons. The summed E-state index contributed by atoms with van der Waals surface area (Å²) in [5, 5.41) is 0. The third kappa shape index (κ3) is 3.48. The molecule has 0 aliphatic carbocycles. The van der Waals surface area contributed by atoms with Gasteiger partial charge in [-0.05, 0) is 65.5 Å². The molecule has 0 saturated carbocycles. The number of pyridine rings is 1. The Morgan fingerprint density at radius 3 is 2.22 bits per heavy atom. The lowest BCUT2D eigenvalue weighted by Gasteiger charge is -2.26. The van der Waals surface area contributed by atoms with Crippen molar-refractivity contribution in [3.63, 3.8) is 0 Å². The molecule has 0 amide bonds. The van der Waals surface area contributed by atoms with Gasteiger partial charge in [-0.2, -0.15) is 0 Å². The summed E-state index contributed by atoms with van der Waals surface area (Å²) in [7, 11) is -0.748. The van der Waals surface area contributed by atoms with Crippen molar-refractivity contribution in [3.8, 4) is 22.4 Å². The van der Waals surface area contributed by atoms with E-state index in [1.807, 2.05) is 6.20 Å². The first-order valence-electron chi connectivity index (χ1n) is 7.76. The van der Waals surface area contributed by atoms with Gasteiger partial charge in [-0.25, -0.2) is 10.0 Å². The standard InChI is InChI=1S/C21H23NS/c1-16-10-11-18(17-8-6-5-7-9-17)14-20(16)21-15-19(12-13-22-21)23(2,3)4/h5-15H,1-4H3. The molecule has 1 aromatic heterocycles. The van der Waals surface area contributed by atoms with Crippen LogP contribution < -0.4 is 0 Å². The molecule has 0 fully saturated rings. The van der Waals surface area contributed by atoms with E-state index in [2.05, 4.69) is 91.3 Å². The minimum Gasteiger partial charge on any atom is -0.256 e. The van der Waals surface area contributed by atoms with Crippen molar-refractivity contribution in [2.75, 3.05) is 18.8 Å². The Hall–Kier alpha value is -2.06. The molecule has 0 aliphatic rings. The van der Waals surface area contributed by atoms with E-state index in [0.29, 0.717) is 0 Å². The van der Waals surface area contributed by atoms with Crippen LogP contribution in [0.1, 0.15) is 5.56 Å². The van der Waals surface area contributed by atoms with Crippen LogP contribution in [0, 0.1) is 6.92 Å². The Balaban J connectivity index is 2.10. The van der Waals surface area contributed by atoms with Crippen LogP contribution in [0.5, 0.6) is 0 Å². The molecule has 2 heteroatoms. The number of aromatic nitrogens is 1. The third-order valence-corrected chi connectivity index (χ3v) is 5.73. The number of rotatable bonds is 3. The molecule has 0 unspecified atom stereocenters. The molecule has 0 spiro atoms. The first-order chi connectivity index (χ1) is 10.9. The molecule has 1 nitrogen and oxygen atoms in total. The number of aryl methyl sites for hydroxylation is 1. The second-order valence-corrected chi connectivity index (χ2v) is 10.8.